The van der Waals surface area contributed by atoms with Crippen LogP contribution in [0.1, 0.15) is 21.5 Å². The Bertz CT molecular complexity index is 727. The minimum atomic E-state index is -0.379. The number of carbonyl (C=O) groups is 1. The van der Waals surface area contributed by atoms with E-state index in [1.54, 1.807) is 13.0 Å². The van der Waals surface area contributed by atoms with Gasteiger partial charge in [0.25, 0.3) is 0 Å². The van der Waals surface area contributed by atoms with Crippen LogP contribution in [-0.2, 0) is 0 Å². The van der Waals surface area contributed by atoms with E-state index in [0.29, 0.717) is 16.9 Å². The predicted molar refractivity (Wildman–Crippen MR) is 107 cm³/mol. The maximum Gasteiger partial charge on any atom is 0.345 e. The SMILES string of the molecule is Cc1c(O)ccc(OC(=O)c2c(I)ccc(I)c2I)c1C. The van der Waals surface area contributed by atoms with Crippen LogP contribution in [0, 0.1) is 24.6 Å². The molecule has 0 aliphatic heterocycles. The van der Waals surface area contributed by atoms with Crippen molar-refractivity contribution in [3.05, 3.63) is 51.7 Å². The number of ether oxygens (including phenoxy) is 1. The number of carbonyl (C=O) groups excluding carboxylic acids is 1. The van der Waals surface area contributed by atoms with Crippen molar-refractivity contribution >= 4 is 73.7 Å². The fourth-order valence-corrected chi connectivity index (χ4v) is 4.08. The molecule has 0 heterocycles. The summed E-state index contributed by atoms with van der Waals surface area (Å²) < 4.78 is 8.28. The Kier molecular flexibility index (Phi) is 5.74. The summed E-state index contributed by atoms with van der Waals surface area (Å²) in [5.41, 5.74) is 2.06. The molecule has 0 amide bonds. The number of aromatic hydroxyl groups is 1. The molecule has 0 bridgehead atoms. The van der Waals surface area contributed by atoms with Gasteiger partial charge < -0.3 is 9.84 Å². The molecule has 2 rings (SSSR count). The fraction of sp³-hybridized carbons (Fsp3) is 0.133. The summed E-state index contributed by atoms with van der Waals surface area (Å²) in [5.74, 6) is 0.294. The number of halogens is 3. The summed E-state index contributed by atoms with van der Waals surface area (Å²) in [6.07, 6.45) is 0. The molecular weight excluding hydrogens is 609 g/mol. The number of phenolic OH excluding ortho intramolecular Hbond substituents is 1. The van der Waals surface area contributed by atoms with Gasteiger partial charge in [0.05, 0.1) is 5.56 Å². The maximum atomic E-state index is 12.5. The van der Waals surface area contributed by atoms with E-state index in [4.69, 9.17) is 4.74 Å². The summed E-state index contributed by atoms with van der Waals surface area (Å²) in [4.78, 5) is 12.5. The Morgan fingerprint density at radius 1 is 1.00 bits per heavy atom. The van der Waals surface area contributed by atoms with E-state index in [1.165, 1.54) is 6.07 Å². The van der Waals surface area contributed by atoms with E-state index in [2.05, 4.69) is 67.8 Å². The molecule has 2 aromatic rings. The summed E-state index contributed by atoms with van der Waals surface area (Å²) in [5, 5.41) is 9.66. The third-order valence-corrected chi connectivity index (χ3v) is 7.11. The van der Waals surface area contributed by atoms with Crippen molar-refractivity contribution in [2.75, 3.05) is 0 Å². The van der Waals surface area contributed by atoms with Crippen LogP contribution in [0.4, 0.5) is 0 Å². The Morgan fingerprint density at radius 2 is 1.62 bits per heavy atom. The molecule has 0 aliphatic rings. The van der Waals surface area contributed by atoms with Crippen molar-refractivity contribution in [1.29, 1.82) is 0 Å². The summed E-state index contributed by atoms with van der Waals surface area (Å²) in [6, 6.07) is 7.02. The molecule has 0 spiro atoms. The van der Waals surface area contributed by atoms with Gasteiger partial charge in [0.15, 0.2) is 0 Å². The van der Waals surface area contributed by atoms with E-state index >= 15 is 0 Å². The Balaban J connectivity index is 2.40. The molecule has 0 aromatic heterocycles. The van der Waals surface area contributed by atoms with Crippen molar-refractivity contribution in [2.45, 2.75) is 13.8 Å². The number of rotatable bonds is 2. The smallest absolute Gasteiger partial charge is 0.345 e. The van der Waals surface area contributed by atoms with E-state index in [1.807, 2.05) is 19.1 Å². The minimum absolute atomic E-state index is 0.200. The first kappa shape index (κ1) is 17.3. The highest BCUT2D eigenvalue weighted by atomic mass is 127. The first-order valence-corrected chi connectivity index (χ1v) is 9.21. The second-order valence-electron chi connectivity index (χ2n) is 4.44. The number of hydrogen-bond donors (Lipinski definition) is 1. The topological polar surface area (TPSA) is 46.5 Å². The van der Waals surface area contributed by atoms with Crippen LogP contribution in [0.2, 0.25) is 0 Å². The molecule has 0 saturated carbocycles. The average Bonchev–Trinajstić information content (AvgIpc) is 2.44. The highest BCUT2D eigenvalue weighted by Gasteiger charge is 2.19. The van der Waals surface area contributed by atoms with Gasteiger partial charge in [-0.25, -0.2) is 4.79 Å². The van der Waals surface area contributed by atoms with Crippen LogP contribution in [-0.4, -0.2) is 11.1 Å². The standard InChI is InChI=1S/C15H11I3O3/c1-7-8(2)12(6-5-11(7)19)21-15(20)13-9(16)3-4-10(17)14(13)18/h3-6,19H,1-2H3. The monoisotopic (exact) mass is 620 g/mol. The van der Waals surface area contributed by atoms with E-state index in [0.717, 1.165) is 16.3 Å². The van der Waals surface area contributed by atoms with Crippen molar-refractivity contribution in [3.8, 4) is 11.5 Å². The molecule has 6 heteroatoms. The van der Waals surface area contributed by atoms with Crippen molar-refractivity contribution in [1.82, 2.24) is 0 Å². The zero-order valence-corrected chi connectivity index (χ0v) is 17.7. The maximum absolute atomic E-state index is 12.5. The minimum Gasteiger partial charge on any atom is -0.508 e. The number of hydrogen-bond acceptors (Lipinski definition) is 3. The van der Waals surface area contributed by atoms with Crippen molar-refractivity contribution < 1.29 is 14.6 Å². The van der Waals surface area contributed by atoms with E-state index < -0.39 is 0 Å². The van der Waals surface area contributed by atoms with Gasteiger partial charge in [-0.3, -0.25) is 0 Å². The van der Waals surface area contributed by atoms with Crippen molar-refractivity contribution in [2.24, 2.45) is 0 Å². The second kappa shape index (κ2) is 6.99. The summed E-state index contributed by atoms with van der Waals surface area (Å²) >= 11 is 6.48. The predicted octanol–water partition coefficient (Wildman–Crippen LogP) is 5.04. The molecule has 0 atom stereocenters. The zero-order valence-electron chi connectivity index (χ0n) is 11.2. The molecule has 1 N–H and O–H groups in total. The molecule has 0 fully saturated rings. The lowest BCUT2D eigenvalue weighted by Gasteiger charge is -2.12. The largest absolute Gasteiger partial charge is 0.508 e. The third kappa shape index (κ3) is 3.63. The van der Waals surface area contributed by atoms with Crippen molar-refractivity contribution in [3.63, 3.8) is 0 Å². The fourth-order valence-electron chi connectivity index (χ4n) is 1.76. The van der Waals surface area contributed by atoms with Gasteiger partial charge in [0, 0.05) is 10.7 Å². The first-order valence-electron chi connectivity index (χ1n) is 5.97. The quantitative estimate of drug-likeness (QED) is 0.222. The highest BCUT2D eigenvalue weighted by molar-refractivity contribution is 14.1. The molecule has 110 valence electrons. The molecule has 0 radical (unpaired) electrons. The van der Waals surface area contributed by atoms with Gasteiger partial charge in [-0.1, -0.05) is 0 Å². The number of phenols is 1. The Labute approximate surface area is 163 Å². The highest BCUT2D eigenvalue weighted by Crippen LogP contribution is 2.30. The van der Waals surface area contributed by atoms with Crippen LogP contribution < -0.4 is 4.74 Å². The lowest BCUT2D eigenvalue weighted by Crippen LogP contribution is -2.14. The third-order valence-electron chi connectivity index (χ3n) is 3.16. The summed E-state index contributed by atoms with van der Waals surface area (Å²) in [7, 11) is 0. The Morgan fingerprint density at radius 3 is 2.29 bits per heavy atom. The van der Waals surface area contributed by atoms with Crippen LogP contribution in [0.3, 0.4) is 0 Å². The lowest BCUT2D eigenvalue weighted by molar-refractivity contribution is 0.0731. The molecule has 2 aromatic carbocycles. The average molecular weight is 620 g/mol. The lowest BCUT2D eigenvalue weighted by atomic mass is 10.1. The van der Waals surface area contributed by atoms with Crippen LogP contribution >= 0.6 is 67.8 Å². The van der Waals surface area contributed by atoms with E-state index in [-0.39, 0.29) is 11.7 Å². The molecule has 0 aliphatic carbocycles. The molecule has 3 nitrogen and oxygen atoms in total. The van der Waals surface area contributed by atoms with Gasteiger partial charge in [-0.05, 0) is 117 Å². The van der Waals surface area contributed by atoms with Crippen LogP contribution in [0.15, 0.2) is 24.3 Å². The Hall–Kier alpha value is -0.1000. The van der Waals surface area contributed by atoms with Gasteiger partial charge in [-0.15, -0.1) is 0 Å². The van der Waals surface area contributed by atoms with E-state index in [9.17, 15) is 9.90 Å². The molecule has 0 saturated heterocycles. The second-order valence-corrected chi connectivity index (χ2v) is 7.84. The van der Waals surface area contributed by atoms with Gasteiger partial charge in [0.1, 0.15) is 11.5 Å². The molecule has 21 heavy (non-hydrogen) atoms. The molecular formula is C15H11I3O3. The first-order chi connectivity index (χ1) is 9.82. The number of benzene rings is 2. The van der Waals surface area contributed by atoms with Crippen LogP contribution in [0.5, 0.6) is 11.5 Å². The zero-order chi connectivity index (χ0) is 15.7. The number of esters is 1. The van der Waals surface area contributed by atoms with Gasteiger partial charge in [0.2, 0.25) is 0 Å². The summed E-state index contributed by atoms with van der Waals surface area (Å²) in [6.45, 7) is 3.61. The van der Waals surface area contributed by atoms with Gasteiger partial charge in [-0.2, -0.15) is 0 Å². The molecule has 0 unspecified atom stereocenters. The normalized spacial score (nSPS) is 10.5. The van der Waals surface area contributed by atoms with Crippen LogP contribution in [0.25, 0.3) is 0 Å². The van der Waals surface area contributed by atoms with Gasteiger partial charge >= 0.3 is 5.97 Å².